The Morgan fingerprint density at radius 2 is 2.29 bits per heavy atom. The van der Waals surface area contributed by atoms with Crippen molar-refractivity contribution < 1.29 is 5.11 Å². The summed E-state index contributed by atoms with van der Waals surface area (Å²) in [5, 5.41) is 10.3. The largest absolute Gasteiger partial charge is 0.396 e. The van der Waals surface area contributed by atoms with Gasteiger partial charge in [0.1, 0.15) is 0 Å². The van der Waals surface area contributed by atoms with Crippen LogP contribution in [0.15, 0.2) is 6.20 Å². The van der Waals surface area contributed by atoms with Gasteiger partial charge in [-0.25, -0.2) is 4.98 Å². The van der Waals surface area contributed by atoms with Gasteiger partial charge in [-0.1, -0.05) is 20.8 Å². The monoisotopic (exact) mass is 254 g/mol. The van der Waals surface area contributed by atoms with E-state index >= 15 is 0 Å². The number of hydrogen-bond acceptors (Lipinski definition) is 4. The Bertz CT molecular complexity index is 370. The molecule has 0 bridgehead atoms. The molecule has 17 heavy (non-hydrogen) atoms. The Morgan fingerprint density at radius 3 is 2.82 bits per heavy atom. The molecule has 1 aromatic rings. The van der Waals surface area contributed by atoms with E-state index in [-0.39, 0.29) is 5.41 Å². The van der Waals surface area contributed by atoms with Gasteiger partial charge in [-0.3, -0.25) is 4.90 Å². The van der Waals surface area contributed by atoms with Crippen LogP contribution in [0.4, 0.5) is 0 Å². The summed E-state index contributed by atoms with van der Waals surface area (Å²) in [6.45, 7) is 10.1. The smallest absolute Gasteiger partial charge is 0.0981 e. The standard InChI is InChI=1S/C13H22N2OS/c1-13(2,3)12-14-6-11(17-12)8-15-5-4-10(7-15)9-16/h6,10,16H,4-5,7-9H2,1-3H3. The van der Waals surface area contributed by atoms with E-state index in [1.54, 1.807) is 0 Å². The topological polar surface area (TPSA) is 36.4 Å². The normalized spacial score (nSPS) is 22.2. The van der Waals surface area contributed by atoms with Gasteiger partial charge in [0.15, 0.2) is 0 Å². The molecule has 3 nitrogen and oxygen atoms in total. The second kappa shape index (κ2) is 5.04. The van der Waals surface area contributed by atoms with Gasteiger partial charge in [-0.05, 0) is 18.9 Å². The molecule has 96 valence electrons. The quantitative estimate of drug-likeness (QED) is 0.899. The summed E-state index contributed by atoms with van der Waals surface area (Å²) in [6.07, 6.45) is 3.14. The van der Waals surface area contributed by atoms with E-state index < -0.39 is 0 Å². The minimum atomic E-state index is 0.154. The zero-order valence-electron chi connectivity index (χ0n) is 10.9. The van der Waals surface area contributed by atoms with E-state index in [1.165, 1.54) is 9.88 Å². The third-order valence-electron chi connectivity index (χ3n) is 3.20. The van der Waals surface area contributed by atoms with Crippen molar-refractivity contribution in [2.45, 2.75) is 39.2 Å². The Hall–Kier alpha value is -0.450. The van der Waals surface area contributed by atoms with Crippen molar-refractivity contribution >= 4 is 11.3 Å². The van der Waals surface area contributed by atoms with Gasteiger partial charge in [-0.2, -0.15) is 0 Å². The van der Waals surface area contributed by atoms with Crippen LogP contribution < -0.4 is 0 Å². The molecule has 0 aromatic carbocycles. The highest BCUT2D eigenvalue weighted by Gasteiger charge is 2.23. The van der Waals surface area contributed by atoms with Gasteiger partial charge < -0.3 is 5.11 Å². The molecule has 2 rings (SSSR count). The Morgan fingerprint density at radius 1 is 1.53 bits per heavy atom. The number of hydrogen-bond donors (Lipinski definition) is 1. The lowest BCUT2D eigenvalue weighted by molar-refractivity contribution is 0.220. The van der Waals surface area contributed by atoms with Gasteiger partial charge in [0.25, 0.3) is 0 Å². The predicted molar refractivity (Wildman–Crippen MR) is 71.3 cm³/mol. The Kier molecular flexibility index (Phi) is 3.85. The molecule has 1 aliphatic heterocycles. The van der Waals surface area contributed by atoms with Gasteiger partial charge in [-0.15, -0.1) is 11.3 Å². The Labute approximate surface area is 107 Å². The zero-order valence-corrected chi connectivity index (χ0v) is 11.8. The van der Waals surface area contributed by atoms with Gasteiger partial charge in [0.05, 0.1) is 5.01 Å². The van der Waals surface area contributed by atoms with Crippen LogP contribution in [0.25, 0.3) is 0 Å². The maximum absolute atomic E-state index is 9.12. The van der Waals surface area contributed by atoms with Crippen LogP contribution in [0.3, 0.4) is 0 Å². The van der Waals surface area contributed by atoms with Crippen molar-refractivity contribution in [1.82, 2.24) is 9.88 Å². The van der Waals surface area contributed by atoms with E-state index in [9.17, 15) is 0 Å². The molecule has 1 N–H and O–H groups in total. The summed E-state index contributed by atoms with van der Waals surface area (Å²) < 4.78 is 0. The molecule has 0 spiro atoms. The molecule has 1 unspecified atom stereocenters. The fourth-order valence-corrected chi connectivity index (χ4v) is 3.17. The van der Waals surface area contributed by atoms with Crippen LogP contribution in [0.2, 0.25) is 0 Å². The number of thiazole rings is 1. The summed E-state index contributed by atoms with van der Waals surface area (Å²) in [4.78, 5) is 8.27. The minimum Gasteiger partial charge on any atom is -0.396 e. The fourth-order valence-electron chi connectivity index (χ4n) is 2.15. The molecule has 0 amide bonds. The highest BCUT2D eigenvalue weighted by Crippen LogP contribution is 2.28. The molecule has 2 heterocycles. The van der Waals surface area contributed by atoms with Crippen LogP contribution in [0, 0.1) is 5.92 Å². The average Bonchev–Trinajstić information content (AvgIpc) is 2.86. The van der Waals surface area contributed by atoms with Crippen molar-refractivity contribution in [2.24, 2.45) is 5.92 Å². The number of aliphatic hydroxyl groups excluding tert-OH is 1. The second-order valence-corrected chi connectivity index (χ2v) is 7.07. The third-order valence-corrected chi connectivity index (χ3v) is 4.61. The highest BCUT2D eigenvalue weighted by atomic mass is 32.1. The van der Waals surface area contributed by atoms with Gasteiger partial charge >= 0.3 is 0 Å². The summed E-state index contributed by atoms with van der Waals surface area (Å²) >= 11 is 1.82. The van der Waals surface area contributed by atoms with Crippen LogP contribution in [-0.4, -0.2) is 34.7 Å². The maximum atomic E-state index is 9.12. The summed E-state index contributed by atoms with van der Waals surface area (Å²) in [7, 11) is 0. The lowest BCUT2D eigenvalue weighted by Crippen LogP contribution is -2.20. The van der Waals surface area contributed by atoms with Crippen molar-refractivity contribution in [3.05, 3.63) is 16.1 Å². The molecule has 1 saturated heterocycles. The van der Waals surface area contributed by atoms with Crippen molar-refractivity contribution in [2.75, 3.05) is 19.7 Å². The first-order chi connectivity index (χ1) is 7.99. The van der Waals surface area contributed by atoms with Crippen LogP contribution in [-0.2, 0) is 12.0 Å². The molecule has 0 radical (unpaired) electrons. The van der Waals surface area contributed by atoms with Crippen LogP contribution in [0.1, 0.15) is 37.1 Å². The highest BCUT2D eigenvalue weighted by molar-refractivity contribution is 7.11. The lowest BCUT2D eigenvalue weighted by Gasteiger charge is -2.15. The van der Waals surface area contributed by atoms with E-state index in [4.69, 9.17) is 5.11 Å². The first-order valence-electron chi connectivity index (χ1n) is 6.27. The average molecular weight is 254 g/mol. The number of aliphatic hydroxyl groups is 1. The van der Waals surface area contributed by atoms with Crippen molar-refractivity contribution in [3.8, 4) is 0 Å². The van der Waals surface area contributed by atoms with E-state index in [0.717, 1.165) is 26.1 Å². The molecule has 1 aliphatic rings. The number of aromatic nitrogens is 1. The lowest BCUT2D eigenvalue weighted by atomic mass is 9.98. The minimum absolute atomic E-state index is 0.154. The molecule has 1 fully saturated rings. The van der Waals surface area contributed by atoms with Crippen LogP contribution in [0.5, 0.6) is 0 Å². The molecule has 0 saturated carbocycles. The van der Waals surface area contributed by atoms with Gasteiger partial charge in [0, 0.05) is 36.2 Å². The van der Waals surface area contributed by atoms with Crippen molar-refractivity contribution in [3.63, 3.8) is 0 Å². The molecular formula is C13H22N2OS. The van der Waals surface area contributed by atoms with E-state index in [2.05, 4.69) is 30.7 Å². The maximum Gasteiger partial charge on any atom is 0.0981 e. The summed E-state index contributed by atoms with van der Waals surface area (Å²) in [5.74, 6) is 0.477. The fraction of sp³-hybridized carbons (Fsp3) is 0.769. The van der Waals surface area contributed by atoms with Crippen LogP contribution >= 0.6 is 11.3 Å². The number of rotatable bonds is 3. The molecule has 1 aromatic heterocycles. The summed E-state index contributed by atoms with van der Waals surface area (Å²) in [6, 6.07) is 0. The number of nitrogens with zero attached hydrogens (tertiary/aromatic N) is 2. The number of likely N-dealkylation sites (tertiary alicyclic amines) is 1. The Balaban J connectivity index is 1.94. The molecule has 4 heteroatoms. The SMILES string of the molecule is CC(C)(C)c1ncc(CN2CCC(CO)C2)s1. The predicted octanol–water partition coefficient (Wildman–Crippen LogP) is 2.25. The van der Waals surface area contributed by atoms with E-state index in [1.807, 2.05) is 17.5 Å². The zero-order chi connectivity index (χ0) is 12.5. The molecule has 1 atom stereocenters. The third kappa shape index (κ3) is 3.27. The molecule has 0 aliphatic carbocycles. The molecular weight excluding hydrogens is 232 g/mol. The second-order valence-electron chi connectivity index (χ2n) is 5.95. The van der Waals surface area contributed by atoms with Gasteiger partial charge in [0.2, 0.25) is 0 Å². The first kappa shape index (κ1) is 13.0. The first-order valence-corrected chi connectivity index (χ1v) is 7.09. The van der Waals surface area contributed by atoms with E-state index in [0.29, 0.717) is 12.5 Å². The van der Waals surface area contributed by atoms with Crippen molar-refractivity contribution in [1.29, 1.82) is 0 Å². The summed E-state index contributed by atoms with van der Waals surface area (Å²) in [5.41, 5.74) is 0.154.